The third kappa shape index (κ3) is 4.79. The summed E-state index contributed by atoms with van der Waals surface area (Å²) in [7, 11) is -4.42. The quantitative estimate of drug-likeness (QED) is 0.428. The summed E-state index contributed by atoms with van der Waals surface area (Å²) in [6.07, 6.45) is 0. The standard InChI is InChI=1S/C7H5Cl3O3S.Na/c8-5-1-2-6(9)7(10)4(5)3-14(11,12)13;/h1-2H,3H2,(H,11,12,13);/q;+1/p-1. The van der Waals surface area contributed by atoms with Gasteiger partial charge in [0.2, 0.25) is 0 Å². The number of hydrogen-bond donors (Lipinski definition) is 0. The second-order valence-corrected chi connectivity index (χ2v) is 5.12. The van der Waals surface area contributed by atoms with Gasteiger partial charge in [-0.1, -0.05) is 34.8 Å². The van der Waals surface area contributed by atoms with E-state index in [-0.39, 0.29) is 50.2 Å². The van der Waals surface area contributed by atoms with Crippen LogP contribution in [0.25, 0.3) is 0 Å². The van der Waals surface area contributed by atoms with Crippen LogP contribution in [-0.4, -0.2) is 13.0 Å². The molecule has 0 N–H and O–H groups in total. The second-order valence-electron chi connectivity index (χ2n) is 2.52. The summed E-state index contributed by atoms with van der Waals surface area (Å²) in [5, 5.41) is 0.270. The Morgan fingerprint density at radius 3 is 2.07 bits per heavy atom. The van der Waals surface area contributed by atoms with Gasteiger partial charge in [-0.2, -0.15) is 0 Å². The molecule has 0 saturated heterocycles. The summed E-state index contributed by atoms with van der Waals surface area (Å²) >= 11 is 17.0. The minimum Gasteiger partial charge on any atom is -0.748 e. The van der Waals surface area contributed by atoms with Crippen LogP contribution in [0.1, 0.15) is 5.56 Å². The molecule has 1 aromatic rings. The van der Waals surface area contributed by atoms with E-state index in [1.54, 1.807) is 0 Å². The van der Waals surface area contributed by atoms with Gasteiger partial charge in [0.1, 0.15) is 0 Å². The summed E-state index contributed by atoms with van der Waals surface area (Å²) in [4.78, 5) is 0. The van der Waals surface area contributed by atoms with E-state index in [1.807, 2.05) is 0 Å². The van der Waals surface area contributed by atoms with Gasteiger partial charge < -0.3 is 4.55 Å². The number of benzene rings is 1. The van der Waals surface area contributed by atoms with Crippen molar-refractivity contribution in [2.24, 2.45) is 0 Å². The maximum absolute atomic E-state index is 10.5. The first-order chi connectivity index (χ1) is 6.31. The first-order valence-electron chi connectivity index (χ1n) is 3.37. The molecule has 0 heterocycles. The Bertz CT molecular complexity index is 461. The summed E-state index contributed by atoms with van der Waals surface area (Å²) in [5.74, 6) is -0.759. The molecule has 0 unspecified atom stereocenters. The third-order valence-electron chi connectivity index (χ3n) is 1.46. The van der Waals surface area contributed by atoms with Crippen molar-refractivity contribution >= 4 is 44.9 Å². The Kier molecular flexibility index (Phi) is 6.48. The van der Waals surface area contributed by atoms with E-state index < -0.39 is 15.9 Å². The molecule has 0 amide bonds. The van der Waals surface area contributed by atoms with Crippen LogP contribution in [0.15, 0.2) is 12.1 Å². The molecule has 0 saturated carbocycles. The fourth-order valence-corrected chi connectivity index (χ4v) is 2.37. The van der Waals surface area contributed by atoms with Crippen molar-refractivity contribution in [2.75, 3.05) is 0 Å². The van der Waals surface area contributed by atoms with Gasteiger partial charge in [0, 0.05) is 10.6 Å². The Labute approximate surface area is 125 Å². The van der Waals surface area contributed by atoms with Crippen LogP contribution in [-0.2, 0) is 15.9 Å². The van der Waals surface area contributed by atoms with Crippen LogP contribution in [0.2, 0.25) is 15.1 Å². The zero-order valence-electron chi connectivity index (χ0n) is 7.63. The van der Waals surface area contributed by atoms with Gasteiger partial charge in [-0.05, 0) is 12.1 Å². The number of halogens is 3. The van der Waals surface area contributed by atoms with Gasteiger partial charge in [-0.15, -0.1) is 0 Å². The minimum atomic E-state index is -4.42. The van der Waals surface area contributed by atoms with Gasteiger partial charge >= 0.3 is 29.6 Å². The second kappa shape index (κ2) is 6.07. The van der Waals surface area contributed by atoms with Gasteiger partial charge in [0.05, 0.1) is 25.9 Å². The van der Waals surface area contributed by atoms with E-state index in [9.17, 15) is 13.0 Å². The first-order valence-corrected chi connectivity index (χ1v) is 6.08. The number of rotatable bonds is 2. The Morgan fingerprint density at radius 2 is 1.60 bits per heavy atom. The van der Waals surface area contributed by atoms with Crippen LogP contribution in [0.5, 0.6) is 0 Å². The summed E-state index contributed by atoms with van der Waals surface area (Å²) in [6, 6.07) is 2.81. The zero-order chi connectivity index (χ0) is 10.9. The van der Waals surface area contributed by atoms with Crippen molar-refractivity contribution in [1.29, 1.82) is 0 Å². The molecule has 1 aromatic carbocycles. The number of hydrogen-bond acceptors (Lipinski definition) is 3. The van der Waals surface area contributed by atoms with Crippen LogP contribution < -0.4 is 29.6 Å². The van der Waals surface area contributed by atoms with E-state index in [1.165, 1.54) is 12.1 Å². The zero-order valence-corrected chi connectivity index (χ0v) is 12.7. The fourth-order valence-electron chi connectivity index (χ4n) is 0.878. The summed E-state index contributed by atoms with van der Waals surface area (Å²) in [5.41, 5.74) is 0.0378. The molecule has 1 rings (SSSR count). The van der Waals surface area contributed by atoms with Gasteiger partial charge in [-0.25, -0.2) is 8.42 Å². The summed E-state index contributed by atoms with van der Waals surface area (Å²) in [6.45, 7) is 0. The Balaban J connectivity index is 0.00000196. The van der Waals surface area contributed by atoms with E-state index in [0.717, 1.165) is 0 Å². The van der Waals surface area contributed by atoms with Crippen molar-refractivity contribution in [3.8, 4) is 0 Å². The van der Waals surface area contributed by atoms with Crippen LogP contribution in [0, 0.1) is 0 Å². The van der Waals surface area contributed by atoms with Gasteiger partial charge in [0.25, 0.3) is 0 Å². The van der Waals surface area contributed by atoms with Crippen molar-refractivity contribution in [1.82, 2.24) is 0 Å². The Morgan fingerprint density at radius 1 is 1.13 bits per heavy atom. The smallest absolute Gasteiger partial charge is 0.748 e. The maximum atomic E-state index is 10.5. The molecule has 3 nitrogen and oxygen atoms in total. The van der Waals surface area contributed by atoms with Crippen LogP contribution >= 0.6 is 34.8 Å². The molecule has 0 spiro atoms. The van der Waals surface area contributed by atoms with Crippen molar-refractivity contribution in [3.63, 3.8) is 0 Å². The average molecular weight is 298 g/mol. The molecule has 15 heavy (non-hydrogen) atoms. The van der Waals surface area contributed by atoms with E-state index in [2.05, 4.69) is 0 Å². The molecule has 0 fully saturated rings. The molecule has 78 valence electrons. The monoisotopic (exact) mass is 296 g/mol. The van der Waals surface area contributed by atoms with E-state index in [0.29, 0.717) is 0 Å². The third-order valence-corrected chi connectivity index (χ3v) is 3.30. The molecule has 0 aromatic heterocycles. The maximum Gasteiger partial charge on any atom is 1.00 e. The van der Waals surface area contributed by atoms with Crippen LogP contribution in [0.3, 0.4) is 0 Å². The molecular formula is C7H4Cl3NaO3S. The topological polar surface area (TPSA) is 57.2 Å². The van der Waals surface area contributed by atoms with E-state index in [4.69, 9.17) is 34.8 Å². The van der Waals surface area contributed by atoms with Gasteiger partial charge in [-0.3, -0.25) is 0 Å². The summed E-state index contributed by atoms with van der Waals surface area (Å²) < 4.78 is 31.5. The predicted molar refractivity (Wildman–Crippen MR) is 54.9 cm³/mol. The first kappa shape index (κ1) is 16.0. The Hall–Kier alpha value is 1.000. The molecule has 0 atom stereocenters. The largest absolute Gasteiger partial charge is 1.00 e. The normalized spacial score (nSPS) is 10.9. The fraction of sp³-hybridized carbons (Fsp3) is 0.143. The SMILES string of the molecule is O=S(=O)([O-])Cc1c(Cl)ccc(Cl)c1Cl.[Na+]. The molecule has 0 radical (unpaired) electrons. The van der Waals surface area contributed by atoms with Gasteiger partial charge in [0.15, 0.2) is 0 Å². The molecule has 0 bridgehead atoms. The molecule has 0 aliphatic rings. The van der Waals surface area contributed by atoms with Crippen molar-refractivity contribution in [2.45, 2.75) is 5.75 Å². The minimum absolute atomic E-state index is 0. The van der Waals surface area contributed by atoms with Crippen molar-refractivity contribution < 1.29 is 42.5 Å². The predicted octanol–water partition coefficient (Wildman–Crippen LogP) is -0.304. The van der Waals surface area contributed by atoms with Crippen LogP contribution in [0.4, 0.5) is 0 Å². The molecular weight excluding hydrogens is 293 g/mol. The molecule has 0 aliphatic carbocycles. The van der Waals surface area contributed by atoms with Crippen molar-refractivity contribution in [3.05, 3.63) is 32.8 Å². The molecule has 0 aliphatic heterocycles. The van der Waals surface area contributed by atoms with E-state index >= 15 is 0 Å². The average Bonchev–Trinajstić information content (AvgIpc) is 2.04. The molecule has 8 heteroatoms.